The molecule has 0 saturated heterocycles. The van der Waals surface area contributed by atoms with Crippen LogP contribution >= 0.6 is 46.4 Å². The molecule has 2 aromatic rings. The van der Waals surface area contributed by atoms with Crippen molar-refractivity contribution in [2.75, 3.05) is 14.2 Å². The molecule has 0 fully saturated rings. The smallest absolute Gasteiger partial charge is 0.146 e. The number of methoxy groups -OCH3 is 2. The molecule has 0 aliphatic carbocycles. The lowest BCUT2D eigenvalue weighted by Gasteiger charge is -2.17. The highest BCUT2D eigenvalue weighted by molar-refractivity contribution is 6.35. The van der Waals surface area contributed by atoms with Crippen molar-refractivity contribution in [3.8, 4) is 11.5 Å². The fraction of sp³-hybridized carbons (Fsp3) is 0.200. The first-order chi connectivity index (χ1) is 9.97. The predicted octanol–water partition coefficient (Wildman–Crippen LogP) is 5.99. The minimum Gasteiger partial charge on any atom is -0.495 e. The molecule has 1 unspecified atom stereocenters. The molecule has 112 valence electrons. The molecule has 6 heteroatoms. The predicted molar refractivity (Wildman–Crippen MR) is 88.7 cm³/mol. The zero-order chi connectivity index (χ0) is 15.6. The van der Waals surface area contributed by atoms with Crippen molar-refractivity contribution in [3.05, 3.63) is 56.5 Å². The second-order valence-electron chi connectivity index (χ2n) is 4.27. The van der Waals surface area contributed by atoms with Crippen LogP contribution in [0.25, 0.3) is 0 Å². The number of alkyl halides is 1. The molecule has 2 aromatic carbocycles. The van der Waals surface area contributed by atoms with Crippen LogP contribution in [0.15, 0.2) is 30.3 Å². The minimum atomic E-state index is -0.500. The van der Waals surface area contributed by atoms with Gasteiger partial charge in [0.1, 0.15) is 16.5 Å². The molecular weight excluding hydrogens is 354 g/mol. The SMILES string of the molecule is COc1ccc(C(Cl)c2cc(Cl)cc(Cl)c2)c(OC)c1Cl. The first-order valence-electron chi connectivity index (χ1n) is 5.98. The van der Waals surface area contributed by atoms with Crippen LogP contribution in [0.1, 0.15) is 16.5 Å². The zero-order valence-corrected chi connectivity index (χ0v) is 14.3. The monoisotopic (exact) mass is 364 g/mol. The molecule has 0 bridgehead atoms. The van der Waals surface area contributed by atoms with Crippen molar-refractivity contribution >= 4 is 46.4 Å². The molecule has 2 nitrogen and oxygen atoms in total. The van der Waals surface area contributed by atoms with E-state index in [0.717, 1.165) is 5.56 Å². The number of halogens is 4. The van der Waals surface area contributed by atoms with Gasteiger partial charge in [-0.15, -0.1) is 11.6 Å². The van der Waals surface area contributed by atoms with E-state index in [-0.39, 0.29) is 0 Å². The van der Waals surface area contributed by atoms with Gasteiger partial charge in [0.05, 0.1) is 19.6 Å². The first kappa shape index (κ1) is 16.6. The Morgan fingerprint density at radius 2 is 1.52 bits per heavy atom. The van der Waals surface area contributed by atoms with Crippen molar-refractivity contribution in [1.82, 2.24) is 0 Å². The summed E-state index contributed by atoms with van der Waals surface area (Å²) in [6.07, 6.45) is 0. The van der Waals surface area contributed by atoms with Gasteiger partial charge in [-0.3, -0.25) is 0 Å². The van der Waals surface area contributed by atoms with Gasteiger partial charge < -0.3 is 9.47 Å². The van der Waals surface area contributed by atoms with Gasteiger partial charge in [0.2, 0.25) is 0 Å². The van der Waals surface area contributed by atoms with Gasteiger partial charge in [-0.1, -0.05) is 34.8 Å². The molecule has 0 heterocycles. The highest BCUT2D eigenvalue weighted by atomic mass is 35.5. The Bertz CT molecular complexity index is 638. The maximum Gasteiger partial charge on any atom is 0.146 e. The Kier molecular flexibility index (Phi) is 5.50. The van der Waals surface area contributed by atoms with Crippen LogP contribution in [0.3, 0.4) is 0 Å². The highest BCUT2D eigenvalue weighted by Gasteiger charge is 2.21. The van der Waals surface area contributed by atoms with Crippen LogP contribution in [0.2, 0.25) is 15.1 Å². The Labute approximate surface area is 143 Å². The molecule has 0 N–H and O–H groups in total. The van der Waals surface area contributed by atoms with E-state index in [4.69, 9.17) is 55.9 Å². The van der Waals surface area contributed by atoms with E-state index in [0.29, 0.717) is 32.1 Å². The van der Waals surface area contributed by atoms with Gasteiger partial charge in [0.25, 0.3) is 0 Å². The van der Waals surface area contributed by atoms with Gasteiger partial charge in [-0.2, -0.15) is 0 Å². The number of hydrogen-bond donors (Lipinski definition) is 0. The van der Waals surface area contributed by atoms with Gasteiger partial charge in [-0.25, -0.2) is 0 Å². The zero-order valence-electron chi connectivity index (χ0n) is 11.3. The molecule has 2 rings (SSSR count). The molecule has 0 radical (unpaired) electrons. The Morgan fingerprint density at radius 3 is 2.05 bits per heavy atom. The molecule has 0 saturated carbocycles. The van der Waals surface area contributed by atoms with E-state index in [2.05, 4.69) is 0 Å². The third-order valence-electron chi connectivity index (χ3n) is 2.97. The van der Waals surface area contributed by atoms with Crippen molar-refractivity contribution in [1.29, 1.82) is 0 Å². The van der Waals surface area contributed by atoms with Gasteiger partial charge in [0.15, 0.2) is 0 Å². The van der Waals surface area contributed by atoms with Gasteiger partial charge in [-0.05, 0) is 35.9 Å². The average molecular weight is 366 g/mol. The molecule has 0 aromatic heterocycles. The summed E-state index contributed by atoms with van der Waals surface area (Å²) in [6, 6.07) is 8.69. The molecule has 0 amide bonds. The normalized spacial score (nSPS) is 12.1. The first-order valence-corrected chi connectivity index (χ1v) is 7.55. The molecule has 0 spiro atoms. The lowest BCUT2D eigenvalue weighted by molar-refractivity contribution is 0.392. The van der Waals surface area contributed by atoms with Crippen LogP contribution in [0.5, 0.6) is 11.5 Å². The maximum absolute atomic E-state index is 6.53. The standard InChI is InChI=1S/C15H12Cl4O2/c1-20-12-4-3-11(15(21-2)14(12)19)13(18)8-5-9(16)7-10(17)6-8/h3-7,13H,1-2H3. The third-order valence-corrected chi connectivity index (χ3v) is 4.25. The Morgan fingerprint density at radius 1 is 0.905 bits per heavy atom. The van der Waals surface area contributed by atoms with Crippen LogP contribution in [-0.4, -0.2) is 14.2 Å². The van der Waals surface area contributed by atoms with Crippen LogP contribution in [0.4, 0.5) is 0 Å². The fourth-order valence-electron chi connectivity index (χ4n) is 2.02. The minimum absolute atomic E-state index is 0.372. The number of hydrogen-bond acceptors (Lipinski definition) is 2. The van der Waals surface area contributed by atoms with E-state index >= 15 is 0 Å². The Balaban J connectivity index is 2.52. The van der Waals surface area contributed by atoms with E-state index < -0.39 is 5.38 Å². The molecular formula is C15H12Cl4O2. The van der Waals surface area contributed by atoms with Crippen molar-refractivity contribution in [3.63, 3.8) is 0 Å². The van der Waals surface area contributed by atoms with E-state index in [1.54, 1.807) is 30.3 Å². The summed E-state index contributed by atoms with van der Waals surface area (Å²) in [6.45, 7) is 0. The quantitative estimate of drug-likeness (QED) is 0.619. The number of benzene rings is 2. The average Bonchev–Trinajstić information content (AvgIpc) is 2.45. The van der Waals surface area contributed by atoms with E-state index in [1.165, 1.54) is 14.2 Å². The van der Waals surface area contributed by atoms with Gasteiger partial charge >= 0.3 is 0 Å². The Hall–Kier alpha value is -0.800. The van der Waals surface area contributed by atoms with Crippen LogP contribution in [-0.2, 0) is 0 Å². The lowest BCUT2D eigenvalue weighted by atomic mass is 10.0. The van der Waals surface area contributed by atoms with Crippen LogP contribution in [0, 0.1) is 0 Å². The summed E-state index contributed by atoms with van der Waals surface area (Å²) in [7, 11) is 3.06. The van der Waals surface area contributed by atoms with E-state index in [1.807, 2.05) is 0 Å². The molecule has 0 aliphatic heterocycles. The lowest BCUT2D eigenvalue weighted by Crippen LogP contribution is -1.99. The molecule has 0 aliphatic rings. The number of ether oxygens (including phenoxy) is 2. The number of rotatable bonds is 4. The van der Waals surface area contributed by atoms with Gasteiger partial charge in [0, 0.05) is 15.6 Å². The third kappa shape index (κ3) is 3.51. The summed E-state index contributed by atoms with van der Waals surface area (Å²) in [5.74, 6) is 0.984. The topological polar surface area (TPSA) is 18.5 Å². The fourth-order valence-corrected chi connectivity index (χ4v) is 3.19. The second-order valence-corrected chi connectivity index (χ2v) is 5.96. The molecule has 21 heavy (non-hydrogen) atoms. The summed E-state index contributed by atoms with van der Waals surface area (Å²) in [4.78, 5) is 0. The largest absolute Gasteiger partial charge is 0.495 e. The van der Waals surface area contributed by atoms with E-state index in [9.17, 15) is 0 Å². The summed E-state index contributed by atoms with van der Waals surface area (Å²) in [5, 5.41) is 0.902. The molecule has 1 atom stereocenters. The van der Waals surface area contributed by atoms with Crippen molar-refractivity contribution in [2.45, 2.75) is 5.38 Å². The second kappa shape index (κ2) is 6.97. The summed E-state index contributed by atoms with van der Waals surface area (Å²) < 4.78 is 10.5. The van der Waals surface area contributed by atoms with Crippen molar-refractivity contribution < 1.29 is 9.47 Å². The highest BCUT2D eigenvalue weighted by Crippen LogP contribution is 2.43. The summed E-state index contributed by atoms with van der Waals surface area (Å²) >= 11 is 24.8. The van der Waals surface area contributed by atoms with Crippen LogP contribution < -0.4 is 9.47 Å². The maximum atomic E-state index is 6.53. The summed E-state index contributed by atoms with van der Waals surface area (Å²) in [5.41, 5.74) is 1.47. The van der Waals surface area contributed by atoms with Crippen molar-refractivity contribution in [2.24, 2.45) is 0 Å².